The Morgan fingerprint density at radius 2 is 1.97 bits per heavy atom. The topological polar surface area (TPSA) is 90.9 Å². The Bertz CT molecular complexity index is 996. The average molecular weight is 492 g/mol. The minimum atomic E-state index is -0.920. The Kier molecular flexibility index (Phi) is 6.89. The maximum absolute atomic E-state index is 13.6. The van der Waals surface area contributed by atoms with E-state index in [9.17, 15) is 14.4 Å². The van der Waals surface area contributed by atoms with Crippen molar-refractivity contribution in [1.82, 2.24) is 5.32 Å². The van der Waals surface area contributed by atoms with Crippen LogP contribution >= 0.6 is 15.9 Å². The van der Waals surface area contributed by atoms with Crippen molar-refractivity contribution in [2.24, 2.45) is 11.8 Å². The number of allylic oxidation sites excluding steroid dienone is 3. The standard InChI is InChI=1S/C23H26BrNO6/c1-6-31-23(28)18-12(3)25-15-9-11(2)17(22(27)30-5)21(26)20(15)19(18)13-7-8-16(29-4)14(24)10-13/h7-8,10-11,17,19,25H,6,9H2,1-5H3/t11-,17-,19+/m1/s1. The third kappa shape index (κ3) is 4.13. The number of carbonyl (C=O) groups is 3. The van der Waals surface area contributed by atoms with Crippen LogP contribution in [0.2, 0.25) is 0 Å². The van der Waals surface area contributed by atoms with Gasteiger partial charge in [-0.3, -0.25) is 9.59 Å². The van der Waals surface area contributed by atoms with Gasteiger partial charge in [-0.1, -0.05) is 13.0 Å². The van der Waals surface area contributed by atoms with E-state index in [1.807, 2.05) is 19.1 Å². The third-order valence-electron chi connectivity index (χ3n) is 5.75. The molecule has 31 heavy (non-hydrogen) atoms. The molecule has 0 fully saturated rings. The van der Waals surface area contributed by atoms with Crippen molar-refractivity contribution in [2.75, 3.05) is 20.8 Å². The number of methoxy groups -OCH3 is 2. The van der Waals surface area contributed by atoms with Gasteiger partial charge in [-0.2, -0.15) is 0 Å². The van der Waals surface area contributed by atoms with Gasteiger partial charge < -0.3 is 19.5 Å². The van der Waals surface area contributed by atoms with E-state index < -0.39 is 23.8 Å². The Morgan fingerprint density at radius 1 is 1.26 bits per heavy atom. The molecule has 0 amide bonds. The van der Waals surface area contributed by atoms with Crippen LogP contribution in [-0.2, 0) is 23.9 Å². The molecule has 1 N–H and O–H groups in total. The number of nitrogens with one attached hydrogen (secondary N) is 1. The molecular formula is C23H26BrNO6. The van der Waals surface area contributed by atoms with Gasteiger partial charge in [-0.25, -0.2) is 4.79 Å². The van der Waals surface area contributed by atoms with Crippen LogP contribution in [0.25, 0.3) is 0 Å². The average Bonchev–Trinajstić information content (AvgIpc) is 2.72. The summed E-state index contributed by atoms with van der Waals surface area (Å²) in [5.74, 6) is -2.60. The minimum Gasteiger partial charge on any atom is -0.496 e. The molecule has 3 rings (SSSR count). The Morgan fingerprint density at radius 3 is 2.55 bits per heavy atom. The number of esters is 2. The third-order valence-corrected chi connectivity index (χ3v) is 6.37. The van der Waals surface area contributed by atoms with Crippen LogP contribution in [0.1, 0.15) is 38.7 Å². The summed E-state index contributed by atoms with van der Waals surface area (Å²) in [6, 6.07) is 5.41. The lowest BCUT2D eigenvalue weighted by atomic mass is 9.69. The van der Waals surface area contributed by atoms with Gasteiger partial charge in [0.15, 0.2) is 5.78 Å². The highest BCUT2D eigenvalue weighted by atomic mass is 79.9. The van der Waals surface area contributed by atoms with E-state index in [0.717, 1.165) is 11.3 Å². The largest absolute Gasteiger partial charge is 0.496 e. The number of dihydropyridines is 1. The second-order valence-electron chi connectivity index (χ2n) is 7.65. The predicted molar refractivity (Wildman–Crippen MR) is 117 cm³/mol. The minimum absolute atomic E-state index is 0.205. The van der Waals surface area contributed by atoms with Gasteiger partial charge in [0, 0.05) is 22.9 Å². The van der Waals surface area contributed by atoms with Gasteiger partial charge in [0.1, 0.15) is 11.7 Å². The normalized spacial score (nSPS) is 23.2. The van der Waals surface area contributed by atoms with Crippen LogP contribution in [0.15, 0.2) is 45.2 Å². The molecular weight excluding hydrogens is 466 g/mol. The number of hydrogen-bond donors (Lipinski definition) is 1. The van der Waals surface area contributed by atoms with Crippen molar-refractivity contribution in [2.45, 2.75) is 33.1 Å². The first-order valence-electron chi connectivity index (χ1n) is 10.1. The smallest absolute Gasteiger partial charge is 0.336 e. The van der Waals surface area contributed by atoms with Crippen molar-refractivity contribution >= 4 is 33.7 Å². The summed E-state index contributed by atoms with van der Waals surface area (Å²) in [5.41, 5.74) is 2.82. The maximum Gasteiger partial charge on any atom is 0.336 e. The Balaban J connectivity index is 2.21. The van der Waals surface area contributed by atoms with Gasteiger partial charge in [-0.05, 0) is 59.8 Å². The number of rotatable bonds is 5. The number of hydrogen-bond acceptors (Lipinski definition) is 7. The predicted octanol–water partition coefficient (Wildman–Crippen LogP) is 3.63. The highest BCUT2D eigenvalue weighted by Gasteiger charge is 2.47. The molecule has 0 saturated heterocycles. The van der Waals surface area contributed by atoms with Crippen LogP contribution in [0.4, 0.5) is 0 Å². The fourth-order valence-electron chi connectivity index (χ4n) is 4.36. The Hall–Kier alpha value is -2.61. The molecule has 2 aliphatic rings. The van der Waals surface area contributed by atoms with E-state index in [4.69, 9.17) is 14.2 Å². The van der Waals surface area contributed by atoms with Crippen LogP contribution in [0.5, 0.6) is 5.75 Å². The highest BCUT2D eigenvalue weighted by molar-refractivity contribution is 9.10. The molecule has 166 valence electrons. The zero-order valence-electron chi connectivity index (χ0n) is 18.2. The van der Waals surface area contributed by atoms with Gasteiger partial charge in [0.25, 0.3) is 0 Å². The maximum atomic E-state index is 13.6. The van der Waals surface area contributed by atoms with Gasteiger partial charge in [0.2, 0.25) is 0 Å². The fourth-order valence-corrected chi connectivity index (χ4v) is 4.91. The van der Waals surface area contributed by atoms with E-state index in [1.165, 1.54) is 7.11 Å². The Labute approximate surface area is 189 Å². The molecule has 0 bridgehead atoms. The number of benzene rings is 1. The summed E-state index contributed by atoms with van der Waals surface area (Å²) >= 11 is 3.49. The summed E-state index contributed by atoms with van der Waals surface area (Å²) in [4.78, 5) is 38.9. The fraction of sp³-hybridized carbons (Fsp3) is 0.435. The molecule has 0 unspecified atom stereocenters. The van der Waals surface area contributed by atoms with Crippen molar-refractivity contribution in [1.29, 1.82) is 0 Å². The van der Waals surface area contributed by atoms with Crippen molar-refractivity contribution < 1.29 is 28.6 Å². The van der Waals surface area contributed by atoms with Crippen LogP contribution in [0, 0.1) is 11.8 Å². The number of halogens is 1. The first-order chi connectivity index (χ1) is 14.7. The summed E-state index contributed by atoms with van der Waals surface area (Å²) in [7, 11) is 2.84. The van der Waals surface area contributed by atoms with E-state index in [-0.39, 0.29) is 18.3 Å². The lowest BCUT2D eigenvalue weighted by molar-refractivity contribution is -0.151. The van der Waals surface area contributed by atoms with Crippen LogP contribution in [-0.4, -0.2) is 38.5 Å². The molecule has 1 heterocycles. The van der Waals surface area contributed by atoms with Crippen molar-refractivity contribution in [3.63, 3.8) is 0 Å². The zero-order chi connectivity index (χ0) is 22.9. The van der Waals surface area contributed by atoms with E-state index in [1.54, 1.807) is 27.0 Å². The molecule has 1 aromatic carbocycles. The molecule has 0 radical (unpaired) electrons. The van der Waals surface area contributed by atoms with E-state index in [2.05, 4.69) is 21.2 Å². The van der Waals surface area contributed by atoms with Crippen LogP contribution in [0.3, 0.4) is 0 Å². The van der Waals surface area contributed by atoms with E-state index >= 15 is 0 Å². The monoisotopic (exact) mass is 491 g/mol. The SMILES string of the molecule is CCOC(=O)C1=C(C)NC2=C(C(=O)[C@H](C(=O)OC)[C@H](C)C2)[C@H]1c1ccc(OC)c(Br)c1. The molecule has 7 nitrogen and oxygen atoms in total. The lowest BCUT2D eigenvalue weighted by Gasteiger charge is -2.38. The van der Waals surface area contributed by atoms with Crippen molar-refractivity contribution in [3.05, 3.63) is 50.8 Å². The number of ether oxygens (including phenoxy) is 3. The lowest BCUT2D eigenvalue weighted by Crippen LogP contribution is -2.43. The van der Waals surface area contributed by atoms with Gasteiger partial charge in [0.05, 0.1) is 30.9 Å². The molecule has 0 spiro atoms. The second kappa shape index (κ2) is 9.26. The molecule has 3 atom stereocenters. The van der Waals surface area contributed by atoms with Crippen LogP contribution < -0.4 is 10.1 Å². The number of ketones is 1. The molecule has 1 aromatic rings. The molecule has 8 heteroatoms. The summed E-state index contributed by atoms with van der Waals surface area (Å²) < 4.78 is 16.2. The summed E-state index contributed by atoms with van der Waals surface area (Å²) in [6.07, 6.45) is 0.488. The first kappa shape index (κ1) is 23.1. The molecule has 1 aliphatic carbocycles. The van der Waals surface area contributed by atoms with Gasteiger partial charge >= 0.3 is 11.9 Å². The molecule has 1 aliphatic heterocycles. The first-order valence-corrected chi connectivity index (χ1v) is 10.9. The van der Waals surface area contributed by atoms with Gasteiger partial charge in [-0.15, -0.1) is 0 Å². The zero-order valence-corrected chi connectivity index (χ0v) is 19.8. The van der Waals surface area contributed by atoms with Crippen molar-refractivity contribution in [3.8, 4) is 5.75 Å². The number of carbonyl (C=O) groups excluding carboxylic acids is 3. The second-order valence-corrected chi connectivity index (χ2v) is 8.50. The highest BCUT2D eigenvalue weighted by Crippen LogP contribution is 2.46. The number of Topliss-reactive ketones (excluding diaryl/α,β-unsaturated/α-hetero) is 1. The van der Waals surface area contributed by atoms with E-state index in [0.29, 0.717) is 33.5 Å². The molecule has 0 aromatic heterocycles. The summed E-state index contributed by atoms with van der Waals surface area (Å²) in [6.45, 7) is 5.58. The molecule has 0 saturated carbocycles. The summed E-state index contributed by atoms with van der Waals surface area (Å²) in [5, 5.41) is 3.23. The quantitative estimate of drug-likeness (QED) is 0.496.